The zero-order valence-electron chi connectivity index (χ0n) is 16.7. The van der Waals surface area contributed by atoms with E-state index in [0.29, 0.717) is 0 Å². The number of rotatable bonds is 7. The SMILES string of the molecule is CCC(C)NC(=O)c1cccc(CN2CCC(Cc3ccccc3)CC2)c1. The highest BCUT2D eigenvalue weighted by atomic mass is 16.1. The van der Waals surface area contributed by atoms with Crippen LogP contribution in [0.25, 0.3) is 0 Å². The van der Waals surface area contributed by atoms with Crippen LogP contribution in [0.5, 0.6) is 0 Å². The van der Waals surface area contributed by atoms with Gasteiger partial charge in [-0.25, -0.2) is 0 Å². The maximum atomic E-state index is 12.4. The number of amides is 1. The molecule has 3 rings (SSSR count). The minimum atomic E-state index is 0.0350. The van der Waals surface area contributed by atoms with Crippen molar-refractivity contribution in [3.63, 3.8) is 0 Å². The Kier molecular flexibility index (Phi) is 7.05. The van der Waals surface area contributed by atoms with Gasteiger partial charge in [-0.1, -0.05) is 49.4 Å². The first-order valence-corrected chi connectivity index (χ1v) is 10.3. The number of hydrogen-bond donors (Lipinski definition) is 1. The molecule has 1 aliphatic rings. The molecule has 2 aromatic rings. The Morgan fingerprint density at radius 2 is 1.78 bits per heavy atom. The maximum absolute atomic E-state index is 12.4. The Bertz CT molecular complexity index is 720. The third-order valence-corrected chi connectivity index (χ3v) is 5.66. The summed E-state index contributed by atoms with van der Waals surface area (Å²) in [7, 11) is 0. The van der Waals surface area contributed by atoms with E-state index in [4.69, 9.17) is 0 Å². The molecular weight excluding hydrogens is 332 g/mol. The fraction of sp³-hybridized carbons (Fsp3) is 0.458. The van der Waals surface area contributed by atoms with Gasteiger partial charge in [0.15, 0.2) is 0 Å². The van der Waals surface area contributed by atoms with Crippen LogP contribution in [-0.2, 0) is 13.0 Å². The Morgan fingerprint density at radius 3 is 2.48 bits per heavy atom. The minimum absolute atomic E-state index is 0.0350. The molecule has 144 valence electrons. The van der Waals surface area contributed by atoms with Gasteiger partial charge in [0.2, 0.25) is 0 Å². The molecule has 1 fully saturated rings. The molecule has 1 N–H and O–H groups in total. The zero-order chi connectivity index (χ0) is 19.1. The average molecular weight is 365 g/mol. The van der Waals surface area contributed by atoms with Crippen LogP contribution in [0, 0.1) is 5.92 Å². The third-order valence-electron chi connectivity index (χ3n) is 5.66. The first-order chi connectivity index (χ1) is 13.1. The summed E-state index contributed by atoms with van der Waals surface area (Å²) in [6, 6.07) is 19.1. The summed E-state index contributed by atoms with van der Waals surface area (Å²) in [5, 5.41) is 3.05. The average Bonchev–Trinajstić information content (AvgIpc) is 2.70. The van der Waals surface area contributed by atoms with Gasteiger partial charge in [-0.3, -0.25) is 9.69 Å². The van der Waals surface area contributed by atoms with E-state index >= 15 is 0 Å². The summed E-state index contributed by atoms with van der Waals surface area (Å²) in [5.41, 5.74) is 3.45. The highest BCUT2D eigenvalue weighted by Crippen LogP contribution is 2.23. The monoisotopic (exact) mass is 364 g/mol. The lowest BCUT2D eigenvalue weighted by molar-refractivity contribution is 0.0939. The predicted octanol–water partition coefficient (Wildman–Crippen LogP) is 4.67. The van der Waals surface area contributed by atoms with Crippen LogP contribution < -0.4 is 5.32 Å². The van der Waals surface area contributed by atoms with E-state index in [2.05, 4.69) is 53.5 Å². The Balaban J connectivity index is 1.50. The van der Waals surface area contributed by atoms with Crippen molar-refractivity contribution in [1.29, 1.82) is 0 Å². The van der Waals surface area contributed by atoms with Gasteiger partial charge >= 0.3 is 0 Å². The van der Waals surface area contributed by atoms with Crippen molar-refractivity contribution in [2.24, 2.45) is 5.92 Å². The standard InChI is InChI=1S/C24H32N2O/c1-3-19(2)25-24(27)23-11-7-10-22(17-23)18-26-14-12-21(13-15-26)16-20-8-5-4-6-9-20/h4-11,17,19,21H,3,12-16,18H2,1-2H3,(H,25,27). The molecule has 27 heavy (non-hydrogen) atoms. The second-order valence-corrected chi connectivity index (χ2v) is 7.89. The lowest BCUT2D eigenvalue weighted by Gasteiger charge is -2.32. The lowest BCUT2D eigenvalue weighted by atomic mass is 9.90. The van der Waals surface area contributed by atoms with Crippen molar-refractivity contribution in [3.8, 4) is 0 Å². The number of piperidine rings is 1. The van der Waals surface area contributed by atoms with Crippen LogP contribution in [0.2, 0.25) is 0 Å². The summed E-state index contributed by atoms with van der Waals surface area (Å²) in [6.07, 6.45) is 4.65. The van der Waals surface area contributed by atoms with Crippen LogP contribution in [0.15, 0.2) is 54.6 Å². The molecule has 1 aliphatic heterocycles. The molecule has 1 unspecified atom stereocenters. The molecule has 2 aromatic carbocycles. The Morgan fingerprint density at radius 1 is 1.07 bits per heavy atom. The first kappa shape index (κ1) is 19.6. The number of carbonyl (C=O) groups excluding carboxylic acids is 1. The molecule has 1 atom stereocenters. The second-order valence-electron chi connectivity index (χ2n) is 7.89. The summed E-state index contributed by atoms with van der Waals surface area (Å²) in [6.45, 7) is 7.34. The lowest BCUT2D eigenvalue weighted by Crippen LogP contribution is -2.34. The van der Waals surface area contributed by atoms with Crippen LogP contribution in [0.4, 0.5) is 0 Å². The first-order valence-electron chi connectivity index (χ1n) is 10.3. The molecule has 3 nitrogen and oxygen atoms in total. The van der Waals surface area contributed by atoms with E-state index in [0.717, 1.165) is 37.5 Å². The number of carbonyl (C=O) groups is 1. The van der Waals surface area contributed by atoms with Gasteiger partial charge < -0.3 is 5.32 Å². The van der Waals surface area contributed by atoms with Gasteiger partial charge in [0.1, 0.15) is 0 Å². The summed E-state index contributed by atoms with van der Waals surface area (Å²) in [4.78, 5) is 14.9. The highest BCUT2D eigenvalue weighted by molar-refractivity contribution is 5.94. The third kappa shape index (κ3) is 5.93. The zero-order valence-corrected chi connectivity index (χ0v) is 16.7. The van der Waals surface area contributed by atoms with Crippen LogP contribution in [-0.4, -0.2) is 29.9 Å². The molecule has 0 spiro atoms. The van der Waals surface area contributed by atoms with Crippen molar-refractivity contribution < 1.29 is 4.79 Å². The van der Waals surface area contributed by atoms with Crippen molar-refractivity contribution in [1.82, 2.24) is 10.2 Å². The Labute approximate surface area is 163 Å². The van der Waals surface area contributed by atoms with E-state index in [1.807, 2.05) is 25.1 Å². The van der Waals surface area contributed by atoms with Gasteiger partial charge in [0, 0.05) is 18.2 Å². The molecule has 0 bridgehead atoms. The van der Waals surface area contributed by atoms with Crippen molar-refractivity contribution in [2.75, 3.05) is 13.1 Å². The largest absolute Gasteiger partial charge is 0.350 e. The topological polar surface area (TPSA) is 32.3 Å². The number of nitrogens with zero attached hydrogens (tertiary/aromatic N) is 1. The maximum Gasteiger partial charge on any atom is 0.251 e. The van der Waals surface area contributed by atoms with Gasteiger partial charge in [-0.2, -0.15) is 0 Å². The summed E-state index contributed by atoms with van der Waals surface area (Å²) < 4.78 is 0. The normalized spacial score (nSPS) is 16.8. The summed E-state index contributed by atoms with van der Waals surface area (Å²) in [5.74, 6) is 0.823. The predicted molar refractivity (Wildman–Crippen MR) is 112 cm³/mol. The van der Waals surface area contributed by atoms with Gasteiger partial charge in [0.25, 0.3) is 5.91 Å². The molecule has 3 heteroatoms. The van der Waals surface area contributed by atoms with E-state index < -0.39 is 0 Å². The molecule has 1 saturated heterocycles. The number of nitrogens with one attached hydrogen (secondary N) is 1. The van der Waals surface area contributed by atoms with Crippen LogP contribution >= 0.6 is 0 Å². The molecule has 1 heterocycles. The van der Waals surface area contributed by atoms with Crippen LogP contribution in [0.3, 0.4) is 0 Å². The minimum Gasteiger partial charge on any atom is -0.350 e. The van der Waals surface area contributed by atoms with Crippen LogP contribution in [0.1, 0.15) is 54.6 Å². The highest BCUT2D eigenvalue weighted by Gasteiger charge is 2.20. The molecule has 0 aromatic heterocycles. The molecule has 1 amide bonds. The summed E-state index contributed by atoms with van der Waals surface area (Å²) >= 11 is 0. The molecular formula is C24H32N2O. The fourth-order valence-electron chi connectivity index (χ4n) is 3.77. The van der Waals surface area contributed by atoms with E-state index in [-0.39, 0.29) is 11.9 Å². The second kappa shape index (κ2) is 9.70. The van der Waals surface area contributed by atoms with E-state index in [1.54, 1.807) is 0 Å². The number of likely N-dealkylation sites (tertiary alicyclic amines) is 1. The Hall–Kier alpha value is -2.13. The van der Waals surface area contributed by atoms with Crippen molar-refractivity contribution in [2.45, 2.75) is 52.1 Å². The quantitative estimate of drug-likeness (QED) is 0.774. The fourth-order valence-corrected chi connectivity index (χ4v) is 3.77. The van der Waals surface area contributed by atoms with E-state index in [9.17, 15) is 4.79 Å². The molecule has 0 saturated carbocycles. The van der Waals surface area contributed by atoms with Crippen molar-refractivity contribution >= 4 is 5.91 Å². The van der Waals surface area contributed by atoms with Gasteiger partial charge in [0.05, 0.1) is 0 Å². The van der Waals surface area contributed by atoms with Gasteiger partial charge in [-0.05, 0) is 74.9 Å². The van der Waals surface area contributed by atoms with E-state index in [1.165, 1.54) is 30.4 Å². The molecule has 0 aliphatic carbocycles. The number of hydrogen-bond acceptors (Lipinski definition) is 2. The molecule has 0 radical (unpaired) electrons. The van der Waals surface area contributed by atoms with Gasteiger partial charge in [-0.15, -0.1) is 0 Å². The number of benzene rings is 2. The smallest absolute Gasteiger partial charge is 0.251 e. The van der Waals surface area contributed by atoms with Crippen molar-refractivity contribution in [3.05, 3.63) is 71.3 Å².